The van der Waals surface area contributed by atoms with E-state index in [1.807, 2.05) is 30.4 Å². The van der Waals surface area contributed by atoms with Crippen LogP contribution in [0.15, 0.2) is 29.6 Å². The van der Waals surface area contributed by atoms with Crippen LogP contribution in [-0.2, 0) is 6.54 Å². The number of likely N-dealkylation sites (tertiary alicyclic amines) is 1. The molecule has 0 saturated carbocycles. The minimum atomic E-state index is 0.450. The van der Waals surface area contributed by atoms with Crippen molar-refractivity contribution in [3.63, 3.8) is 0 Å². The molecule has 0 unspecified atom stereocenters. The summed E-state index contributed by atoms with van der Waals surface area (Å²) < 4.78 is 1.73. The van der Waals surface area contributed by atoms with Gasteiger partial charge in [-0.15, -0.1) is 11.3 Å². The number of fused-ring (bicyclic) bond motifs is 1. The zero-order valence-electron chi connectivity index (χ0n) is 13.3. The van der Waals surface area contributed by atoms with Gasteiger partial charge in [-0.05, 0) is 37.8 Å². The zero-order chi connectivity index (χ0) is 15.8. The standard InChI is InChI=1S/C17H21N5S/c1-12-8-17-19-15(9-16(18)22(17)20-12)13-4-2-6-21(10-13)11-14-5-3-7-23-14/h3,5,7-9,13H,2,4,6,10-11,18H2,1H3/t13-/m0/s1. The van der Waals surface area contributed by atoms with Crippen molar-refractivity contribution in [2.45, 2.75) is 32.2 Å². The molecule has 0 spiro atoms. The van der Waals surface area contributed by atoms with Crippen molar-refractivity contribution >= 4 is 22.8 Å². The Labute approximate surface area is 139 Å². The Hall–Kier alpha value is -1.92. The molecule has 3 aromatic heterocycles. The highest BCUT2D eigenvalue weighted by atomic mass is 32.1. The number of hydrogen-bond donors (Lipinski definition) is 1. The van der Waals surface area contributed by atoms with Crippen LogP contribution in [0.1, 0.15) is 35.0 Å². The molecule has 1 aliphatic rings. The summed E-state index contributed by atoms with van der Waals surface area (Å²) in [6.45, 7) is 5.22. The lowest BCUT2D eigenvalue weighted by Crippen LogP contribution is -2.34. The van der Waals surface area contributed by atoms with Crippen molar-refractivity contribution in [2.24, 2.45) is 0 Å². The third kappa shape index (κ3) is 2.96. The van der Waals surface area contributed by atoms with Crippen molar-refractivity contribution in [3.05, 3.63) is 45.9 Å². The van der Waals surface area contributed by atoms with Crippen LogP contribution in [0.25, 0.3) is 5.65 Å². The first-order valence-electron chi connectivity index (χ1n) is 8.06. The highest BCUT2D eigenvalue weighted by Crippen LogP contribution is 2.28. The van der Waals surface area contributed by atoms with E-state index in [1.54, 1.807) is 4.52 Å². The number of thiophene rings is 1. The topological polar surface area (TPSA) is 59.5 Å². The van der Waals surface area contributed by atoms with Crippen LogP contribution in [0.5, 0.6) is 0 Å². The lowest BCUT2D eigenvalue weighted by atomic mass is 9.94. The maximum atomic E-state index is 6.17. The van der Waals surface area contributed by atoms with E-state index in [1.165, 1.54) is 17.7 Å². The molecule has 1 fully saturated rings. The van der Waals surface area contributed by atoms with Gasteiger partial charge in [0, 0.05) is 36.0 Å². The van der Waals surface area contributed by atoms with Gasteiger partial charge in [0.2, 0.25) is 0 Å². The Morgan fingerprint density at radius 1 is 1.39 bits per heavy atom. The maximum Gasteiger partial charge on any atom is 0.157 e. The molecule has 23 heavy (non-hydrogen) atoms. The number of nitrogens with zero attached hydrogens (tertiary/aromatic N) is 4. The fraction of sp³-hybridized carbons (Fsp3) is 0.412. The molecule has 1 aliphatic heterocycles. The van der Waals surface area contributed by atoms with Gasteiger partial charge in [0.1, 0.15) is 5.82 Å². The molecule has 3 aromatic rings. The minimum absolute atomic E-state index is 0.450. The minimum Gasteiger partial charge on any atom is -0.384 e. The van der Waals surface area contributed by atoms with Crippen molar-refractivity contribution in [1.82, 2.24) is 19.5 Å². The van der Waals surface area contributed by atoms with Crippen LogP contribution in [0, 0.1) is 6.92 Å². The average molecular weight is 327 g/mol. The lowest BCUT2D eigenvalue weighted by Gasteiger charge is -2.32. The molecule has 0 radical (unpaired) electrons. The lowest BCUT2D eigenvalue weighted by molar-refractivity contribution is 0.200. The third-order valence-electron chi connectivity index (χ3n) is 4.48. The second-order valence-electron chi connectivity index (χ2n) is 6.32. The van der Waals surface area contributed by atoms with Gasteiger partial charge in [0.25, 0.3) is 0 Å². The summed E-state index contributed by atoms with van der Waals surface area (Å²) in [4.78, 5) is 8.77. The van der Waals surface area contributed by atoms with Gasteiger partial charge in [-0.1, -0.05) is 6.07 Å². The van der Waals surface area contributed by atoms with Gasteiger partial charge in [-0.3, -0.25) is 4.90 Å². The molecular formula is C17H21N5S. The van der Waals surface area contributed by atoms with Crippen LogP contribution in [-0.4, -0.2) is 32.6 Å². The number of piperidine rings is 1. The summed E-state index contributed by atoms with van der Waals surface area (Å²) in [6.07, 6.45) is 2.39. The third-order valence-corrected chi connectivity index (χ3v) is 5.34. The van der Waals surface area contributed by atoms with Gasteiger partial charge < -0.3 is 5.73 Å². The quantitative estimate of drug-likeness (QED) is 0.803. The molecule has 5 nitrogen and oxygen atoms in total. The van der Waals surface area contributed by atoms with E-state index in [2.05, 4.69) is 27.5 Å². The molecule has 2 N–H and O–H groups in total. The first kappa shape index (κ1) is 14.7. The number of aryl methyl sites for hydroxylation is 1. The van der Waals surface area contributed by atoms with E-state index in [0.29, 0.717) is 11.7 Å². The molecule has 0 aromatic carbocycles. The Morgan fingerprint density at radius 3 is 3.13 bits per heavy atom. The van der Waals surface area contributed by atoms with Gasteiger partial charge in [0.15, 0.2) is 5.65 Å². The first-order valence-corrected chi connectivity index (χ1v) is 8.94. The molecule has 1 saturated heterocycles. The number of nitrogens with two attached hydrogens (primary N) is 1. The van der Waals surface area contributed by atoms with Gasteiger partial charge in [-0.25, -0.2) is 4.98 Å². The predicted molar refractivity (Wildman–Crippen MR) is 93.7 cm³/mol. The smallest absolute Gasteiger partial charge is 0.157 e. The monoisotopic (exact) mass is 327 g/mol. The molecule has 0 aliphatic carbocycles. The molecule has 4 heterocycles. The summed E-state index contributed by atoms with van der Waals surface area (Å²) >= 11 is 1.83. The zero-order valence-corrected chi connectivity index (χ0v) is 14.1. The molecular weight excluding hydrogens is 306 g/mol. The van der Waals surface area contributed by atoms with E-state index in [4.69, 9.17) is 10.7 Å². The largest absolute Gasteiger partial charge is 0.384 e. The molecule has 6 heteroatoms. The summed E-state index contributed by atoms with van der Waals surface area (Å²) in [5, 5.41) is 6.53. The number of nitrogen functional groups attached to an aromatic ring is 1. The normalized spacial score (nSPS) is 19.4. The van der Waals surface area contributed by atoms with Crippen molar-refractivity contribution in [3.8, 4) is 0 Å². The van der Waals surface area contributed by atoms with Crippen LogP contribution >= 0.6 is 11.3 Å². The van der Waals surface area contributed by atoms with Gasteiger partial charge >= 0.3 is 0 Å². The fourth-order valence-corrected chi connectivity index (χ4v) is 4.15. The summed E-state index contributed by atoms with van der Waals surface area (Å²) in [7, 11) is 0. The molecule has 0 bridgehead atoms. The summed E-state index contributed by atoms with van der Waals surface area (Å²) in [5.74, 6) is 1.12. The van der Waals surface area contributed by atoms with E-state index in [-0.39, 0.29) is 0 Å². The van der Waals surface area contributed by atoms with Crippen LogP contribution in [0.3, 0.4) is 0 Å². The summed E-state index contributed by atoms with van der Waals surface area (Å²) in [5.41, 5.74) is 9.08. The van der Waals surface area contributed by atoms with Crippen LogP contribution < -0.4 is 5.73 Å². The predicted octanol–water partition coefficient (Wildman–Crippen LogP) is 3.06. The molecule has 4 rings (SSSR count). The van der Waals surface area contributed by atoms with Crippen molar-refractivity contribution < 1.29 is 0 Å². The fourth-order valence-electron chi connectivity index (χ4n) is 3.41. The number of aromatic nitrogens is 3. The van der Waals surface area contributed by atoms with Crippen molar-refractivity contribution in [1.29, 1.82) is 0 Å². The highest BCUT2D eigenvalue weighted by molar-refractivity contribution is 7.09. The Kier molecular flexibility index (Phi) is 3.79. The second kappa shape index (κ2) is 5.94. The van der Waals surface area contributed by atoms with Crippen LogP contribution in [0.4, 0.5) is 5.82 Å². The Bertz CT molecular complexity index is 808. The Morgan fingerprint density at radius 2 is 2.30 bits per heavy atom. The second-order valence-corrected chi connectivity index (χ2v) is 7.35. The van der Waals surface area contributed by atoms with Gasteiger partial charge in [-0.2, -0.15) is 9.61 Å². The molecule has 0 amide bonds. The number of rotatable bonds is 3. The average Bonchev–Trinajstić information content (AvgIpc) is 3.16. The van der Waals surface area contributed by atoms with Crippen molar-refractivity contribution in [2.75, 3.05) is 18.8 Å². The number of hydrogen-bond acceptors (Lipinski definition) is 5. The van der Waals surface area contributed by atoms with Gasteiger partial charge in [0.05, 0.1) is 11.4 Å². The molecule has 1 atom stereocenters. The first-order chi connectivity index (χ1) is 11.2. The summed E-state index contributed by atoms with van der Waals surface area (Å²) in [6, 6.07) is 8.33. The number of anilines is 1. The van der Waals surface area contributed by atoms with E-state index in [0.717, 1.165) is 36.7 Å². The van der Waals surface area contributed by atoms with Crippen LogP contribution in [0.2, 0.25) is 0 Å². The maximum absolute atomic E-state index is 6.17. The van der Waals surface area contributed by atoms with E-state index >= 15 is 0 Å². The van der Waals surface area contributed by atoms with E-state index in [9.17, 15) is 0 Å². The van der Waals surface area contributed by atoms with E-state index < -0.39 is 0 Å². The highest BCUT2D eigenvalue weighted by Gasteiger charge is 2.23. The Balaban J connectivity index is 1.57. The SMILES string of the molecule is Cc1cc2nc([C@H]3CCCN(Cc4cccs4)C3)cc(N)n2n1. The molecule has 120 valence electrons.